The Morgan fingerprint density at radius 2 is 2.00 bits per heavy atom. The largest absolute Gasteiger partial charge is 0.464 e. The molecule has 0 bridgehead atoms. The van der Waals surface area contributed by atoms with Crippen LogP contribution in [0.2, 0.25) is 0 Å². The highest BCUT2D eigenvalue weighted by Gasteiger charge is 2.66. The third-order valence-corrected chi connectivity index (χ3v) is 2.68. The minimum atomic E-state index is -2.70. The van der Waals surface area contributed by atoms with E-state index in [1.54, 1.807) is 27.7 Å². The average molecular weight is 279 g/mol. The highest BCUT2D eigenvalue weighted by Crippen LogP contribution is 2.48. The summed E-state index contributed by atoms with van der Waals surface area (Å²) in [6.07, 6.45) is -3.73. The summed E-state index contributed by atoms with van der Waals surface area (Å²) in [5, 5.41) is 2.22. The summed E-state index contributed by atoms with van der Waals surface area (Å²) >= 11 is 0. The van der Waals surface area contributed by atoms with Crippen LogP contribution >= 0.6 is 0 Å². The summed E-state index contributed by atoms with van der Waals surface area (Å²) in [7, 11) is 0. The van der Waals surface area contributed by atoms with Crippen molar-refractivity contribution in [2.24, 2.45) is 5.92 Å². The second-order valence-corrected chi connectivity index (χ2v) is 5.46. The lowest BCUT2D eigenvalue weighted by Crippen LogP contribution is -2.48. The molecule has 0 aliphatic heterocycles. The van der Waals surface area contributed by atoms with Gasteiger partial charge in [-0.1, -0.05) is 0 Å². The first-order valence-corrected chi connectivity index (χ1v) is 6.09. The van der Waals surface area contributed by atoms with Gasteiger partial charge in [0.1, 0.15) is 11.1 Å². The molecule has 0 aromatic rings. The molecule has 0 saturated heterocycles. The lowest BCUT2D eigenvalue weighted by atomic mass is 10.2. The number of ether oxygens (including phenoxy) is 2. The molecule has 1 N–H and O–H groups in total. The van der Waals surface area contributed by atoms with Gasteiger partial charge in [0.15, 0.2) is 0 Å². The fourth-order valence-corrected chi connectivity index (χ4v) is 1.77. The average Bonchev–Trinajstić information content (AvgIpc) is 2.91. The van der Waals surface area contributed by atoms with Crippen LogP contribution in [0.15, 0.2) is 0 Å². The maximum Gasteiger partial charge on any atom is 0.408 e. The number of hydrogen-bond donors (Lipinski definition) is 1. The molecule has 1 fully saturated rings. The molecule has 7 heteroatoms. The van der Waals surface area contributed by atoms with E-state index in [2.05, 4.69) is 5.32 Å². The van der Waals surface area contributed by atoms with E-state index in [0.29, 0.717) is 0 Å². The molecule has 1 saturated carbocycles. The molecule has 1 aliphatic rings. The zero-order chi connectivity index (χ0) is 14.8. The van der Waals surface area contributed by atoms with Crippen molar-refractivity contribution in [3.63, 3.8) is 0 Å². The smallest absolute Gasteiger partial charge is 0.408 e. The number of rotatable bonds is 4. The number of esters is 1. The molecule has 2 atom stereocenters. The summed E-state index contributed by atoms with van der Waals surface area (Å²) in [6.45, 7) is 6.55. The minimum absolute atomic E-state index is 0.0620. The molecule has 1 unspecified atom stereocenters. The monoisotopic (exact) mass is 279 g/mol. The minimum Gasteiger partial charge on any atom is -0.464 e. The molecule has 1 rings (SSSR count). The Kier molecular flexibility index (Phi) is 4.37. The van der Waals surface area contributed by atoms with Gasteiger partial charge < -0.3 is 14.8 Å². The van der Waals surface area contributed by atoms with Gasteiger partial charge in [-0.3, -0.25) is 0 Å². The molecule has 0 heterocycles. The first-order valence-electron chi connectivity index (χ1n) is 6.09. The van der Waals surface area contributed by atoms with E-state index in [1.807, 2.05) is 0 Å². The van der Waals surface area contributed by atoms with Crippen molar-refractivity contribution in [3.05, 3.63) is 0 Å². The van der Waals surface area contributed by atoms with Crippen molar-refractivity contribution in [2.75, 3.05) is 6.61 Å². The molecule has 0 spiro atoms. The van der Waals surface area contributed by atoms with Crippen molar-refractivity contribution in [1.82, 2.24) is 5.32 Å². The zero-order valence-electron chi connectivity index (χ0n) is 11.5. The second-order valence-electron chi connectivity index (χ2n) is 5.46. The van der Waals surface area contributed by atoms with E-state index < -0.39 is 35.5 Å². The van der Waals surface area contributed by atoms with E-state index in [9.17, 15) is 18.4 Å². The molecule has 0 aromatic heterocycles. The zero-order valence-corrected chi connectivity index (χ0v) is 11.5. The number of carbonyl (C=O) groups excluding carboxylic acids is 2. The van der Waals surface area contributed by atoms with Gasteiger partial charge in [-0.2, -0.15) is 0 Å². The van der Waals surface area contributed by atoms with Gasteiger partial charge in [-0.15, -0.1) is 0 Å². The van der Waals surface area contributed by atoms with Crippen LogP contribution in [0.25, 0.3) is 0 Å². The van der Waals surface area contributed by atoms with Crippen LogP contribution in [0.3, 0.4) is 0 Å². The standard InChI is InChI=1S/C12H19F2NO4/c1-5-18-9(16)12(6-7(12)8(13)14)15-10(17)19-11(2,3)4/h7-8H,5-6H2,1-4H3,(H,15,17)/t7?,12-/m1/s1. The summed E-state index contributed by atoms with van der Waals surface area (Å²) in [5.74, 6) is -2.06. The quantitative estimate of drug-likeness (QED) is 0.800. The molecular formula is C12H19F2NO4. The number of amides is 1. The molecule has 0 radical (unpaired) electrons. The van der Waals surface area contributed by atoms with Crippen LogP contribution in [-0.4, -0.2) is 36.2 Å². The third kappa shape index (κ3) is 3.78. The molecule has 19 heavy (non-hydrogen) atoms. The maximum atomic E-state index is 12.7. The topological polar surface area (TPSA) is 64.6 Å². The highest BCUT2D eigenvalue weighted by molar-refractivity contribution is 5.89. The molecule has 5 nitrogen and oxygen atoms in total. The van der Waals surface area contributed by atoms with E-state index in [1.165, 1.54) is 0 Å². The Balaban J connectivity index is 2.73. The van der Waals surface area contributed by atoms with Gasteiger partial charge in [0.2, 0.25) is 6.43 Å². The number of alkyl halides is 2. The van der Waals surface area contributed by atoms with Gasteiger partial charge in [0.25, 0.3) is 0 Å². The second kappa shape index (κ2) is 5.30. The Bertz CT molecular complexity index is 367. The molecular weight excluding hydrogens is 260 g/mol. The lowest BCUT2D eigenvalue weighted by Gasteiger charge is -2.23. The van der Waals surface area contributed by atoms with Crippen molar-refractivity contribution in [1.29, 1.82) is 0 Å². The number of halogens is 2. The Labute approximate surface area is 110 Å². The van der Waals surface area contributed by atoms with Crippen LogP contribution in [0.5, 0.6) is 0 Å². The Morgan fingerprint density at radius 1 is 1.42 bits per heavy atom. The van der Waals surface area contributed by atoms with Gasteiger partial charge >= 0.3 is 12.1 Å². The predicted octanol–water partition coefficient (Wildman–Crippen LogP) is 2.10. The number of nitrogens with one attached hydrogen (secondary N) is 1. The predicted molar refractivity (Wildman–Crippen MR) is 62.8 cm³/mol. The molecule has 110 valence electrons. The summed E-state index contributed by atoms with van der Waals surface area (Å²) in [4.78, 5) is 23.3. The van der Waals surface area contributed by atoms with Gasteiger partial charge in [-0.05, 0) is 34.1 Å². The Hall–Kier alpha value is -1.40. The fourth-order valence-electron chi connectivity index (χ4n) is 1.77. The SMILES string of the molecule is CCOC(=O)[C@@]1(NC(=O)OC(C)(C)C)CC1C(F)F. The van der Waals surface area contributed by atoms with E-state index in [-0.39, 0.29) is 13.0 Å². The summed E-state index contributed by atoms with van der Waals surface area (Å²) in [6, 6.07) is 0. The normalized spacial score (nSPS) is 25.9. The molecule has 1 amide bonds. The third-order valence-electron chi connectivity index (χ3n) is 2.68. The lowest BCUT2D eigenvalue weighted by molar-refractivity contribution is -0.148. The molecule has 0 aromatic carbocycles. The van der Waals surface area contributed by atoms with Crippen molar-refractivity contribution >= 4 is 12.1 Å². The maximum absolute atomic E-state index is 12.7. The Morgan fingerprint density at radius 3 is 2.37 bits per heavy atom. The number of carbonyl (C=O) groups is 2. The number of hydrogen-bond acceptors (Lipinski definition) is 4. The van der Waals surface area contributed by atoms with E-state index in [4.69, 9.17) is 9.47 Å². The van der Waals surface area contributed by atoms with Gasteiger partial charge in [0.05, 0.1) is 12.5 Å². The van der Waals surface area contributed by atoms with E-state index >= 15 is 0 Å². The summed E-state index contributed by atoms with van der Waals surface area (Å²) < 4.78 is 35.1. The van der Waals surface area contributed by atoms with Gasteiger partial charge in [0, 0.05) is 0 Å². The van der Waals surface area contributed by atoms with Crippen LogP contribution in [-0.2, 0) is 14.3 Å². The van der Waals surface area contributed by atoms with Crippen molar-refractivity contribution in [3.8, 4) is 0 Å². The van der Waals surface area contributed by atoms with Crippen molar-refractivity contribution in [2.45, 2.75) is 51.7 Å². The first-order chi connectivity index (χ1) is 8.62. The number of alkyl carbamates (subject to hydrolysis) is 1. The highest BCUT2D eigenvalue weighted by atomic mass is 19.3. The van der Waals surface area contributed by atoms with E-state index in [0.717, 1.165) is 0 Å². The van der Waals surface area contributed by atoms with Gasteiger partial charge in [-0.25, -0.2) is 18.4 Å². The fraction of sp³-hybridized carbons (Fsp3) is 0.833. The van der Waals surface area contributed by atoms with Crippen molar-refractivity contribution < 1.29 is 27.8 Å². The van der Waals surface area contributed by atoms with Crippen LogP contribution in [0.1, 0.15) is 34.1 Å². The molecule has 1 aliphatic carbocycles. The summed E-state index contributed by atoms with van der Waals surface area (Å²) in [5.41, 5.74) is -2.42. The van der Waals surface area contributed by atoms with Crippen LogP contribution in [0, 0.1) is 5.92 Å². The van der Waals surface area contributed by atoms with Crippen LogP contribution in [0.4, 0.5) is 13.6 Å². The first kappa shape index (κ1) is 15.7. The van der Waals surface area contributed by atoms with Crippen LogP contribution < -0.4 is 5.32 Å².